The number of likely N-dealkylation sites (tertiary alicyclic amines) is 1. The van der Waals surface area contributed by atoms with E-state index >= 15 is 0 Å². The number of nitro benzene ring substituents is 1. The summed E-state index contributed by atoms with van der Waals surface area (Å²) in [6.07, 6.45) is 0.641. The molecule has 2 aliphatic rings. The highest BCUT2D eigenvalue weighted by Gasteiger charge is 2.45. The van der Waals surface area contributed by atoms with Crippen LogP contribution in [-0.2, 0) is 14.3 Å². The quantitative estimate of drug-likeness (QED) is 0.226. The Morgan fingerprint density at radius 3 is 2.33 bits per heavy atom. The molecule has 0 saturated carbocycles. The number of hydrogen-bond donors (Lipinski definition) is 1. The van der Waals surface area contributed by atoms with Crippen LogP contribution >= 0.6 is 0 Å². The normalized spacial score (nSPS) is 20.8. The number of nitro groups is 1. The van der Waals surface area contributed by atoms with E-state index in [-0.39, 0.29) is 17.0 Å². The number of aliphatic hydroxyl groups excluding tert-OH is 1. The lowest BCUT2D eigenvalue weighted by molar-refractivity contribution is -0.384. The Bertz CT molecular complexity index is 1060. The molecule has 2 saturated heterocycles. The fraction of sp³-hybridized carbons (Fsp3) is 0.333. The van der Waals surface area contributed by atoms with Crippen LogP contribution in [0.3, 0.4) is 0 Å². The van der Waals surface area contributed by atoms with Crippen LogP contribution in [0.1, 0.15) is 23.6 Å². The lowest BCUT2D eigenvalue weighted by Crippen LogP contribution is -2.38. The highest BCUT2D eigenvalue weighted by Crippen LogP contribution is 2.39. The topological polar surface area (TPSA) is 113 Å². The van der Waals surface area contributed by atoms with Crippen LogP contribution in [0, 0.1) is 10.1 Å². The summed E-state index contributed by atoms with van der Waals surface area (Å²) >= 11 is 0. The van der Waals surface area contributed by atoms with Gasteiger partial charge in [-0.05, 0) is 24.1 Å². The van der Waals surface area contributed by atoms with Crippen LogP contribution < -0.4 is 0 Å². The molecule has 1 atom stereocenters. The van der Waals surface area contributed by atoms with Crippen LogP contribution in [-0.4, -0.2) is 70.9 Å². The SMILES string of the molecule is O=C1C(=O)N(CCCN2CCOCC2)[C@H](c2ccc([N+](=O)[O-])cc2)C1=C(O)c1ccccc1. The van der Waals surface area contributed by atoms with Gasteiger partial charge in [0.2, 0.25) is 0 Å². The Kier molecular flexibility index (Phi) is 6.81. The zero-order valence-electron chi connectivity index (χ0n) is 18.1. The number of carbonyl (C=O) groups is 2. The summed E-state index contributed by atoms with van der Waals surface area (Å²) in [5.74, 6) is -1.70. The number of ether oxygens (including phenoxy) is 1. The van der Waals surface area contributed by atoms with E-state index in [9.17, 15) is 24.8 Å². The molecule has 9 heteroatoms. The Labute approximate surface area is 191 Å². The van der Waals surface area contributed by atoms with Gasteiger partial charge in [-0.1, -0.05) is 30.3 Å². The standard InChI is InChI=1S/C24H25N3O6/c28-22(18-5-2-1-3-6-18)20-21(17-7-9-19(10-8-17)27(31)32)26(24(30)23(20)29)12-4-11-25-13-15-33-16-14-25/h1-3,5-10,21,28H,4,11-16H2/t21-/m1/s1. The fourth-order valence-electron chi connectivity index (χ4n) is 4.28. The molecule has 0 aliphatic carbocycles. The second-order valence-electron chi connectivity index (χ2n) is 8.01. The number of nitrogens with zero attached hydrogens (tertiary/aromatic N) is 3. The van der Waals surface area contributed by atoms with Gasteiger partial charge in [-0.3, -0.25) is 24.6 Å². The second-order valence-corrected chi connectivity index (χ2v) is 8.01. The Balaban J connectivity index is 1.67. The molecule has 2 heterocycles. The maximum absolute atomic E-state index is 13.0. The van der Waals surface area contributed by atoms with Crippen LogP contribution in [0.5, 0.6) is 0 Å². The number of non-ortho nitro benzene ring substituents is 1. The van der Waals surface area contributed by atoms with Crippen molar-refractivity contribution in [3.63, 3.8) is 0 Å². The zero-order chi connectivity index (χ0) is 23.4. The third-order valence-corrected chi connectivity index (χ3v) is 5.98. The number of rotatable bonds is 7. The van der Waals surface area contributed by atoms with Crippen molar-refractivity contribution in [2.75, 3.05) is 39.4 Å². The minimum Gasteiger partial charge on any atom is -0.507 e. The van der Waals surface area contributed by atoms with Gasteiger partial charge in [0.05, 0.1) is 29.8 Å². The molecular formula is C24H25N3O6. The third-order valence-electron chi connectivity index (χ3n) is 5.98. The summed E-state index contributed by atoms with van der Waals surface area (Å²) in [5, 5.41) is 22.1. The molecule has 0 spiro atoms. The summed E-state index contributed by atoms with van der Waals surface area (Å²) in [7, 11) is 0. The molecule has 0 radical (unpaired) electrons. The van der Waals surface area contributed by atoms with Gasteiger partial charge in [0, 0.05) is 43.9 Å². The van der Waals surface area contributed by atoms with Crippen molar-refractivity contribution in [2.24, 2.45) is 0 Å². The smallest absolute Gasteiger partial charge is 0.295 e. The largest absolute Gasteiger partial charge is 0.507 e. The van der Waals surface area contributed by atoms with Crippen molar-refractivity contribution in [3.05, 3.63) is 81.4 Å². The van der Waals surface area contributed by atoms with E-state index in [1.807, 2.05) is 0 Å². The number of morpholine rings is 1. The van der Waals surface area contributed by atoms with Crippen LogP contribution in [0.25, 0.3) is 5.76 Å². The minimum atomic E-state index is -0.823. The molecule has 4 rings (SSSR count). The number of Topliss-reactive ketones (excluding diaryl/α,β-unsaturated/α-hetero) is 1. The van der Waals surface area contributed by atoms with Gasteiger partial charge >= 0.3 is 0 Å². The first-order chi connectivity index (χ1) is 16.0. The molecule has 2 aromatic carbocycles. The van der Waals surface area contributed by atoms with Crippen LogP contribution in [0.15, 0.2) is 60.2 Å². The predicted octanol–water partition coefficient (Wildman–Crippen LogP) is 2.74. The number of aliphatic hydroxyl groups is 1. The van der Waals surface area contributed by atoms with Gasteiger partial charge in [0.15, 0.2) is 0 Å². The summed E-state index contributed by atoms with van der Waals surface area (Å²) < 4.78 is 5.36. The average Bonchev–Trinajstić information content (AvgIpc) is 3.10. The molecule has 0 bridgehead atoms. The Hall–Kier alpha value is -3.56. The van der Waals surface area contributed by atoms with E-state index in [0.29, 0.717) is 37.3 Å². The lowest BCUT2D eigenvalue weighted by Gasteiger charge is -2.29. The molecule has 33 heavy (non-hydrogen) atoms. The number of hydrogen-bond acceptors (Lipinski definition) is 7. The number of amides is 1. The lowest BCUT2D eigenvalue weighted by atomic mass is 9.95. The van der Waals surface area contributed by atoms with E-state index in [1.165, 1.54) is 29.2 Å². The van der Waals surface area contributed by atoms with Gasteiger partial charge in [0.25, 0.3) is 17.4 Å². The minimum absolute atomic E-state index is 0.00794. The van der Waals surface area contributed by atoms with Crippen molar-refractivity contribution in [1.82, 2.24) is 9.80 Å². The van der Waals surface area contributed by atoms with E-state index in [4.69, 9.17) is 4.74 Å². The van der Waals surface area contributed by atoms with E-state index in [1.54, 1.807) is 30.3 Å². The third kappa shape index (κ3) is 4.79. The number of benzene rings is 2. The summed E-state index contributed by atoms with van der Waals surface area (Å²) in [6, 6.07) is 13.5. The first kappa shape index (κ1) is 22.6. The van der Waals surface area contributed by atoms with Crippen molar-refractivity contribution in [3.8, 4) is 0 Å². The van der Waals surface area contributed by atoms with Gasteiger partial charge in [-0.2, -0.15) is 0 Å². The molecule has 2 aliphatic heterocycles. The maximum Gasteiger partial charge on any atom is 0.295 e. The first-order valence-electron chi connectivity index (χ1n) is 10.9. The van der Waals surface area contributed by atoms with E-state index in [0.717, 1.165) is 19.6 Å². The van der Waals surface area contributed by atoms with Crippen molar-refractivity contribution >= 4 is 23.1 Å². The molecule has 0 unspecified atom stereocenters. The van der Waals surface area contributed by atoms with Gasteiger partial charge in [-0.25, -0.2) is 0 Å². The highest BCUT2D eigenvalue weighted by molar-refractivity contribution is 6.46. The monoisotopic (exact) mass is 451 g/mol. The zero-order valence-corrected chi connectivity index (χ0v) is 18.1. The Morgan fingerprint density at radius 1 is 1.03 bits per heavy atom. The number of ketones is 1. The van der Waals surface area contributed by atoms with Crippen molar-refractivity contribution in [1.29, 1.82) is 0 Å². The van der Waals surface area contributed by atoms with Crippen LogP contribution in [0.2, 0.25) is 0 Å². The molecule has 2 fully saturated rings. The van der Waals surface area contributed by atoms with E-state index in [2.05, 4.69) is 4.90 Å². The van der Waals surface area contributed by atoms with Gasteiger partial charge in [0.1, 0.15) is 5.76 Å². The van der Waals surface area contributed by atoms with Crippen molar-refractivity contribution < 1.29 is 24.4 Å². The predicted molar refractivity (Wildman–Crippen MR) is 120 cm³/mol. The summed E-state index contributed by atoms with van der Waals surface area (Å²) in [4.78, 5) is 40.3. The van der Waals surface area contributed by atoms with E-state index < -0.39 is 22.7 Å². The Morgan fingerprint density at radius 2 is 1.70 bits per heavy atom. The molecule has 1 N–H and O–H groups in total. The average molecular weight is 451 g/mol. The molecule has 9 nitrogen and oxygen atoms in total. The van der Waals surface area contributed by atoms with Crippen molar-refractivity contribution in [2.45, 2.75) is 12.5 Å². The van der Waals surface area contributed by atoms with Gasteiger partial charge < -0.3 is 14.7 Å². The molecule has 0 aromatic heterocycles. The second kappa shape index (κ2) is 9.93. The summed E-state index contributed by atoms with van der Waals surface area (Å²) in [5.41, 5.74) is 0.858. The molecule has 172 valence electrons. The highest BCUT2D eigenvalue weighted by atomic mass is 16.6. The molecule has 2 aromatic rings. The number of carbonyl (C=O) groups excluding carboxylic acids is 2. The first-order valence-corrected chi connectivity index (χ1v) is 10.9. The maximum atomic E-state index is 13.0. The van der Waals surface area contributed by atoms with Crippen LogP contribution in [0.4, 0.5) is 5.69 Å². The fourth-order valence-corrected chi connectivity index (χ4v) is 4.28. The summed E-state index contributed by atoms with van der Waals surface area (Å²) in [6.45, 7) is 4.04. The molecular weight excluding hydrogens is 426 g/mol. The van der Waals surface area contributed by atoms with Gasteiger partial charge in [-0.15, -0.1) is 0 Å². The molecule has 1 amide bonds.